The van der Waals surface area contributed by atoms with Crippen molar-refractivity contribution in [3.63, 3.8) is 0 Å². The third-order valence-corrected chi connectivity index (χ3v) is 4.12. The van der Waals surface area contributed by atoms with Crippen molar-refractivity contribution in [1.29, 1.82) is 0 Å². The summed E-state index contributed by atoms with van der Waals surface area (Å²) in [4.78, 5) is 20.5. The smallest absolute Gasteiger partial charge is 0.244 e. The van der Waals surface area contributed by atoms with E-state index < -0.39 is 6.04 Å². The third kappa shape index (κ3) is 3.88. The van der Waals surface area contributed by atoms with Gasteiger partial charge in [-0.25, -0.2) is 14.6 Å². The lowest BCUT2D eigenvalue weighted by atomic mass is 10.1. The van der Waals surface area contributed by atoms with Crippen molar-refractivity contribution in [2.45, 2.75) is 33.4 Å². The molecule has 2 aromatic heterocycles. The second-order valence-electron chi connectivity index (χ2n) is 6.06. The number of pyridine rings is 1. The van der Waals surface area contributed by atoms with Crippen molar-refractivity contribution in [3.05, 3.63) is 65.9 Å². The molecule has 7 nitrogen and oxygen atoms in total. The Morgan fingerprint density at radius 2 is 2.00 bits per heavy atom. The predicted octanol–water partition coefficient (Wildman–Crippen LogP) is 2.96. The number of nitrogens with zero attached hydrogens (tertiary/aromatic N) is 4. The van der Waals surface area contributed by atoms with E-state index in [1.165, 1.54) is 17.3 Å². The fraction of sp³-hybridized carbons (Fsp3) is 0.263. The van der Waals surface area contributed by atoms with Gasteiger partial charge in [0, 0.05) is 18.3 Å². The van der Waals surface area contributed by atoms with Crippen LogP contribution in [0.1, 0.15) is 29.7 Å². The molecule has 0 saturated carbocycles. The zero-order valence-electron chi connectivity index (χ0n) is 15.0. The molecule has 134 valence electrons. The van der Waals surface area contributed by atoms with Gasteiger partial charge in [-0.15, -0.1) is 0 Å². The highest BCUT2D eigenvalue weighted by atomic mass is 16.5. The number of rotatable bonds is 6. The van der Waals surface area contributed by atoms with E-state index in [0.717, 1.165) is 22.4 Å². The SMILES string of the molecule is Cc1cccc(C)c1Oc1ncccc1CNC(=O)[C@H](C)n1cncn1. The number of nitrogens with one attached hydrogen (secondary N) is 1. The largest absolute Gasteiger partial charge is 0.438 e. The molecule has 0 aliphatic carbocycles. The summed E-state index contributed by atoms with van der Waals surface area (Å²) in [6.07, 6.45) is 4.59. The topological polar surface area (TPSA) is 81.9 Å². The Morgan fingerprint density at radius 3 is 2.69 bits per heavy atom. The minimum Gasteiger partial charge on any atom is -0.438 e. The van der Waals surface area contributed by atoms with Gasteiger partial charge in [0.25, 0.3) is 0 Å². The lowest BCUT2D eigenvalue weighted by Gasteiger charge is -2.15. The van der Waals surface area contributed by atoms with E-state index in [4.69, 9.17) is 4.74 Å². The molecule has 0 saturated heterocycles. The molecule has 0 radical (unpaired) electrons. The molecule has 1 aromatic carbocycles. The van der Waals surface area contributed by atoms with Crippen LogP contribution in [0.2, 0.25) is 0 Å². The van der Waals surface area contributed by atoms with Crippen molar-refractivity contribution in [3.8, 4) is 11.6 Å². The molecule has 1 atom stereocenters. The van der Waals surface area contributed by atoms with Gasteiger partial charge in [-0.1, -0.05) is 24.3 Å². The molecule has 0 aliphatic rings. The monoisotopic (exact) mass is 351 g/mol. The van der Waals surface area contributed by atoms with Crippen LogP contribution >= 0.6 is 0 Å². The summed E-state index contributed by atoms with van der Waals surface area (Å²) in [6, 6.07) is 9.23. The predicted molar refractivity (Wildman–Crippen MR) is 96.8 cm³/mol. The van der Waals surface area contributed by atoms with E-state index in [-0.39, 0.29) is 5.91 Å². The molecule has 7 heteroatoms. The van der Waals surface area contributed by atoms with Gasteiger partial charge in [-0.3, -0.25) is 4.79 Å². The van der Waals surface area contributed by atoms with Crippen LogP contribution in [-0.2, 0) is 11.3 Å². The Hall–Kier alpha value is -3.22. The number of aryl methyl sites for hydroxylation is 2. The average Bonchev–Trinajstić information content (AvgIpc) is 3.17. The lowest BCUT2D eigenvalue weighted by Crippen LogP contribution is -2.31. The summed E-state index contributed by atoms with van der Waals surface area (Å²) in [5.41, 5.74) is 2.87. The minimum atomic E-state index is -0.447. The first-order valence-corrected chi connectivity index (χ1v) is 8.36. The van der Waals surface area contributed by atoms with Gasteiger partial charge in [0.1, 0.15) is 24.4 Å². The first-order chi connectivity index (χ1) is 12.6. The molecule has 26 heavy (non-hydrogen) atoms. The summed E-state index contributed by atoms with van der Waals surface area (Å²) in [5.74, 6) is 1.12. The van der Waals surface area contributed by atoms with Gasteiger partial charge in [0.2, 0.25) is 11.8 Å². The summed E-state index contributed by atoms with van der Waals surface area (Å²) in [5, 5.41) is 6.89. The quantitative estimate of drug-likeness (QED) is 0.738. The van der Waals surface area contributed by atoms with E-state index in [1.54, 1.807) is 13.1 Å². The lowest BCUT2D eigenvalue weighted by molar-refractivity contribution is -0.124. The average molecular weight is 351 g/mol. The highest BCUT2D eigenvalue weighted by Gasteiger charge is 2.16. The van der Waals surface area contributed by atoms with E-state index in [0.29, 0.717) is 12.4 Å². The molecule has 2 heterocycles. The van der Waals surface area contributed by atoms with Crippen LogP contribution in [0, 0.1) is 13.8 Å². The minimum absolute atomic E-state index is 0.155. The normalized spacial score (nSPS) is 11.8. The molecule has 0 spiro atoms. The van der Waals surface area contributed by atoms with Crippen LogP contribution in [0.25, 0.3) is 0 Å². The van der Waals surface area contributed by atoms with Crippen molar-refractivity contribution in [1.82, 2.24) is 25.1 Å². The second kappa shape index (κ2) is 7.77. The third-order valence-electron chi connectivity index (χ3n) is 4.12. The number of aromatic nitrogens is 4. The number of carbonyl (C=O) groups excluding carboxylic acids is 1. The van der Waals surface area contributed by atoms with Gasteiger partial charge in [0.05, 0.1) is 0 Å². The highest BCUT2D eigenvalue weighted by Crippen LogP contribution is 2.29. The number of benzene rings is 1. The molecule has 0 bridgehead atoms. The second-order valence-corrected chi connectivity index (χ2v) is 6.06. The van der Waals surface area contributed by atoms with Crippen LogP contribution in [0.4, 0.5) is 0 Å². The van der Waals surface area contributed by atoms with Crippen molar-refractivity contribution in [2.24, 2.45) is 0 Å². The summed E-state index contributed by atoms with van der Waals surface area (Å²) >= 11 is 0. The Kier molecular flexibility index (Phi) is 5.26. The maximum absolute atomic E-state index is 12.3. The number of hydrogen-bond donors (Lipinski definition) is 1. The molecule has 0 aliphatic heterocycles. The van der Waals surface area contributed by atoms with E-state index >= 15 is 0 Å². The van der Waals surface area contributed by atoms with Crippen molar-refractivity contribution >= 4 is 5.91 Å². The molecular formula is C19H21N5O2. The van der Waals surface area contributed by atoms with E-state index in [9.17, 15) is 4.79 Å². The van der Waals surface area contributed by atoms with Crippen molar-refractivity contribution in [2.75, 3.05) is 0 Å². The van der Waals surface area contributed by atoms with E-state index in [1.807, 2.05) is 44.2 Å². The highest BCUT2D eigenvalue weighted by molar-refractivity contribution is 5.79. The fourth-order valence-electron chi connectivity index (χ4n) is 2.57. The number of amides is 1. The number of hydrogen-bond acceptors (Lipinski definition) is 5. The van der Waals surface area contributed by atoms with Crippen LogP contribution in [-0.4, -0.2) is 25.7 Å². The first-order valence-electron chi connectivity index (χ1n) is 8.36. The van der Waals surface area contributed by atoms with Crippen LogP contribution < -0.4 is 10.1 Å². The van der Waals surface area contributed by atoms with Crippen LogP contribution in [0.5, 0.6) is 11.6 Å². The Balaban J connectivity index is 1.72. The van der Waals surface area contributed by atoms with Gasteiger partial charge in [-0.05, 0) is 38.0 Å². The summed E-state index contributed by atoms with van der Waals surface area (Å²) in [6.45, 7) is 6.06. The molecule has 0 unspecified atom stereocenters. The van der Waals surface area contributed by atoms with Crippen LogP contribution in [0.15, 0.2) is 49.2 Å². The summed E-state index contributed by atoms with van der Waals surface area (Å²) < 4.78 is 7.55. The first kappa shape index (κ1) is 17.6. The Labute approximate surface area is 152 Å². The molecule has 0 fully saturated rings. The van der Waals surface area contributed by atoms with Gasteiger partial charge < -0.3 is 10.1 Å². The van der Waals surface area contributed by atoms with Gasteiger partial charge in [0.15, 0.2) is 0 Å². The fourth-order valence-corrected chi connectivity index (χ4v) is 2.57. The van der Waals surface area contributed by atoms with Crippen molar-refractivity contribution < 1.29 is 9.53 Å². The Morgan fingerprint density at radius 1 is 1.23 bits per heavy atom. The number of para-hydroxylation sites is 1. The number of ether oxygens (including phenoxy) is 1. The standard InChI is InChI=1S/C19H21N5O2/c1-13-6-4-7-14(2)17(13)26-19-16(8-5-9-21-19)10-22-18(25)15(3)24-12-20-11-23-24/h4-9,11-12,15H,10H2,1-3H3,(H,22,25)/t15-/m0/s1. The zero-order valence-corrected chi connectivity index (χ0v) is 15.0. The maximum Gasteiger partial charge on any atom is 0.244 e. The molecular weight excluding hydrogens is 330 g/mol. The molecule has 3 rings (SSSR count). The van der Waals surface area contributed by atoms with Crippen LogP contribution in [0.3, 0.4) is 0 Å². The molecule has 3 aromatic rings. The molecule has 1 N–H and O–H groups in total. The van der Waals surface area contributed by atoms with E-state index in [2.05, 4.69) is 20.4 Å². The molecule has 1 amide bonds. The van der Waals surface area contributed by atoms with Gasteiger partial charge >= 0.3 is 0 Å². The maximum atomic E-state index is 12.3. The zero-order chi connectivity index (χ0) is 18.5. The Bertz CT molecular complexity index is 872. The summed E-state index contributed by atoms with van der Waals surface area (Å²) in [7, 11) is 0. The number of carbonyl (C=O) groups is 1. The van der Waals surface area contributed by atoms with Gasteiger partial charge in [-0.2, -0.15) is 5.10 Å².